The van der Waals surface area contributed by atoms with Crippen molar-refractivity contribution in [3.05, 3.63) is 53.6 Å². The van der Waals surface area contributed by atoms with Crippen LogP contribution in [0, 0.1) is 0 Å². The summed E-state index contributed by atoms with van der Waals surface area (Å²) in [7, 11) is 0. The molecule has 2 aromatic carbocycles. The summed E-state index contributed by atoms with van der Waals surface area (Å²) >= 11 is 7.51. The van der Waals surface area contributed by atoms with Crippen molar-refractivity contribution in [2.75, 3.05) is 10.6 Å². The van der Waals surface area contributed by atoms with Crippen molar-refractivity contribution in [1.82, 2.24) is 0 Å². The van der Waals surface area contributed by atoms with Gasteiger partial charge in [-0.15, -0.1) is 11.8 Å². The third kappa shape index (κ3) is 5.30. The molecule has 2 aromatic rings. The molecule has 0 aliphatic carbocycles. The van der Waals surface area contributed by atoms with Gasteiger partial charge in [-0.25, -0.2) is 0 Å². The highest BCUT2D eigenvalue weighted by atomic mass is 35.5. The molecule has 1 unspecified atom stereocenters. The van der Waals surface area contributed by atoms with Crippen molar-refractivity contribution in [3.8, 4) is 0 Å². The Morgan fingerprint density at radius 1 is 1.04 bits per heavy atom. The number of benzene rings is 2. The second-order valence-electron chi connectivity index (χ2n) is 4.94. The van der Waals surface area contributed by atoms with E-state index in [2.05, 4.69) is 10.6 Å². The topological polar surface area (TPSA) is 58.2 Å². The van der Waals surface area contributed by atoms with Gasteiger partial charge in [0.2, 0.25) is 11.8 Å². The van der Waals surface area contributed by atoms with Gasteiger partial charge in [0, 0.05) is 23.2 Å². The fraction of sp³-hybridized carbons (Fsp3) is 0.176. The van der Waals surface area contributed by atoms with Gasteiger partial charge in [-0.05, 0) is 37.3 Å². The van der Waals surface area contributed by atoms with Crippen molar-refractivity contribution in [2.24, 2.45) is 0 Å². The number of rotatable bonds is 5. The molecule has 0 aliphatic rings. The van der Waals surface area contributed by atoms with Gasteiger partial charge in [0.15, 0.2) is 0 Å². The van der Waals surface area contributed by atoms with Crippen LogP contribution in [0.2, 0.25) is 5.02 Å². The Kier molecular flexibility index (Phi) is 6.07. The summed E-state index contributed by atoms with van der Waals surface area (Å²) in [5.74, 6) is -0.286. The molecule has 23 heavy (non-hydrogen) atoms. The third-order valence-corrected chi connectivity index (χ3v) is 4.58. The Morgan fingerprint density at radius 2 is 1.70 bits per heavy atom. The molecule has 0 spiro atoms. The van der Waals surface area contributed by atoms with Gasteiger partial charge in [0.1, 0.15) is 0 Å². The zero-order valence-electron chi connectivity index (χ0n) is 12.8. The highest BCUT2D eigenvalue weighted by molar-refractivity contribution is 8.00. The molecule has 1 atom stereocenters. The maximum atomic E-state index is 12.3. The molecular weight excluding hydrogens is 332 g/mol. The maximum absolute atomic E-state index is 12.3. The number of nitrogens with one attached hydrogen (secondary N) is 2. The van der Waals surface area contributed by atoms with Crippen LogP contribution in [-0.2, 0) is 9.59 Å². The number of carbonyl (C=O) groups excluding carboxylic acids is 2. The van der Waals surface area contributed by atoms with Crippen LogP contribution in [0.5, 0.6) is 0 Å². The van der Waals surface area contributed by atoms with E-state index in [1.54, 1.807) is 30.3 Å². The number of amides is 2. The van der Waals surface area contributed by atoms with E-state index in [1.165, 1.54) is 18.7 Å². The van der Waals surface area contributed by atoms with Gasteiger partial charge in [0.25, 0.3) is 0 Å². The summed E-state index contributed by atoms with van der Waals surface area (Å²) in [4.78, 5) is 24.2. The fourth-order valence-corrected chi connectivity index (χ4v) is 3.06. The van der Waals surface area contributed by atoms with Crippen LogP contribution in [0.25, 0.3) is 0 Å². The first kappa shape index (κ1) is 17.4. The number of thioether (sulfide) groups is 1. The lowest BCUT2D eigenvalue weighted by Gasteiger charge is -2.13. The molecule has 2 N–H and O–H groups in total. The molecule has 0 saturated heterocycles. The lowest BCUT2D eigenvalue weighted by Crippen LogP contribution is -2.22. The van der Waals surface area contributed by atoms with Gasteiger partial charge >= 0.3 is 0 Å². The number of hydrogen-bond acceptors (Lipinski definition) is 3. The minimum absolute atomic E-state index is 0.130. The molecule has 0 heterocycles. The minimum Gasteiger partial charge on any atom is -0.326 e. The van der Waals surface area contributed by atoms with Crippen molar-refractivity contribution >= 4 is 46.6 Å². The largest absolute Gasteiger partial charge is 0.326 e. The molecule has 6 heteroatoms. The molecule has 0 aliphatic heterocycles. The maximum Gasteiger partial charge on any atom is 0.237 e. The third-order valence-electron chi connectivity index (χ3n) is 2.96. The van der Waals surface area contributed by atoms with Crippen molar-refractivity contribution in [1.29, 1.82) is 0 Å². The summed E-state index contributed by atoms with van der Waals surface area (Å²) in [5, 5.41) is 5.85. The number of halogens is 1. The first-order chi connectivity index (χ1) is 11.0. The molecule has 0 fully saturated rings. The Hall–Kier alpha value is -1.98. The lowest BCUT2D eigenvalue weighted by molar-refractivity contribution is -0.115. The summed E-state index contributed by atoms with van der Waals surface area (Å²) in [6.07, 6.45) is 0. The van der Waals surface area contributed by atoms with Crippen LogP contribution in [0.15, 0.2) is 53.4 Å². The monoisotopic (exact) mass is 348 g/mol. The van der Waals surface area contributed by atoms with E-state index in [0.717, 1.165) is 4.90 Å². The highest BCUT2D eigenvalue weighted by Crippen LogP contribution is 2.30. The van der Waals surface area contributed by atoms with E-state index in [0.29, 0.717) is 16.4 Å². The van der Waals surface area contributed by atoms with Crippen molar-refractivity contribution in [2.45, 2.75) is 24.0 Å². The molecule has 2 rings (SSSR count). The van der Waals surface area contributed by atoms with Crippen LogP contribution in [0.4, 0.5) is 11.4 Å². The predicted molar refractivity (Wildman–Crippen MR) is 96.1 cm³/mol. The molecule has 0 saturated carbocycles. The van der Waals surface area contributed by atoms with E-state index in [1.807, 2.05) is 25.1 Å². The van der Waals surface area contributed by atoms with Crippen LogP contribution in [-0.4, -0.2) is 17.1 Å². The Bertz CT molecular complexity index is 721. The number of carbonyl (C=O) groups is 2. The van der Waals surface area contributed by atoms with Crippen molar-refractivity contribution in [3.63, 3.8) is 0 Å². The smallest absolute Gasteiger partial charge is 0.237 e. The molecule has 0 aromatic heterocycles. The van der Waals surface area contributed by atoms with E-state index in [-0.39, 0.29) is 17.1 Å². The van der Waals surface area contributed by atoms with Gasteiger partial charge in [-0.1, -0.05) is 29.8 Å². The first-order valence-corrected chi connectivity index (χ1v) is 8.31. The second kappa shape index (κ2) is 8.04. The van der Waals surface area contributed by atoms with E-state index < -0.39 is 0 Å². The second-order valence-corrected chi connectivity index (χ2v) is 6.73. The van der Waals surface area contributed by atoms with E-state index in [4.69, 9.17) is 11.6 Å². The van der Waals surface area contributed by atoms with E-state index >= 15 is 0 Å². The molecule has 2 amide bonds. The standard InChI is InChI=1S/C17H17ClN2O2S/c1-11(23-16-9-4-3-8-15(16)18)17(22)20-14-7-5-6-13(10-14)19-12(2)21/h3-11H,1-2H3,(H,19,21)(H,20,22). The predicted octanol–water partition coefficient (Wildman–Crippen LogP) is 4.42. The summed E-state index contributed by atoms with van der Waals surface area (Å²) in [6.45, 7) is 3.26. The van der Waals surface area contributed by atoms with Crippen LogP contribution in [0.3, 0.4) is 0 Å². The summed E-state index contributed by atoms with van der Waals surface area (Å²) < 4.78 is 0. The zero-order chi connectivity index (χ0) is 16.8. The highest BCUT2D eigenvalue weighted by Gasteiger charge is 2.16. The van der Waals surface area contributed by atoms with Crippen LogP contribution >= 0.6 is 23.4 Å². The number of anilines is 2. The van der Waals surface area contributed by atoms with Crippen LogP contribution in [0.1, 0.15) is 13.8 Å². The van der Waals surface area contributed by atoms with Gasteiger partial charge in [-0.3, -0.25) is 9.59 Å². The Morgan fingerprint density at radius 3 is 2.35 bits per heavy atom. The molecule has 4 nitrogen and oxygen atoms in total. The lowest BCUT2D eigenvalue weighted by atomic mass is 10.2. The normalized spacial score (nSPS) is 11.6. The molecule has 120 valence electrons. The van der Waals surface area contributed by atoms with Gasteiger partial charge in [0.05, 0.1) is 10.3 Å². The quantitative estimate of drug-likeness (QED) is 0.786. The SMILES string of the molecule is CC(=O)Nc1cccc(NC(=O)C(C)Sc2ccccc2Cl)c1. The molecular formula is C17H17ClN2O2S. The summed E-state index contributed by atoms with van der Waals surface area (Å²) in [5.41, 5.74) is 1.27. The van der Waals surface area contributed by atoms with Crippen LogP contribution < -0.4 is 10.6 Å². The Balaban J connectivity index is 2.01. The van der Waals surface area contributed by atoms with Gasteiger partial charge in [-0.2, -0.15) is 0 Å². The van der Waals surface area contributed by atoms with Crippen molar-refractivity contribution < 1.29 is 9.59 Å². The molecule has 0 radical (unpaired) electrons. The summed E-state index contributed by atoms with van der Waals surface area (Å²) in [6, 6.07) is 14.4. The fourth-order valence-electron chi connectivity index (χ4n) is 1.91. The van der Waals surface area contributed by atoms with Gasteiger partial charge < -0.3 is 10.6 Å². The first-order valence-electron chi connectivity index (χ1n) is 7.05. The zero-order valence-corrected chi connectivity index (χ0v) is 14.4. The average Bonchev–Trinajstić information content (AvgIpc) is 2.49. The van der Waals surface area contributed by atoms with E-state index in [9.17, 15) is 9.59 Å². The minimum atomic E-state index is -0.306. The number of hydrogen-bond donors (Lipinski definition) is 2. The Labute approximate surface area is 144 Å². The average molecular weight is 349 g/mol. The molecule has 0 bridgehead atoms.